The van der Waals surface area contributed by atoms with E-state index in [1.807, 2.05) is 25.4 Å². The number of nitrogens with one attached hydrogen (secondary N) is 1. The van der Waals surface area contributed by atoms with Crippen LogP contribution in [-0.4, -0.2) is 39.7 Å². The molecule has 8 nitrogen and oxygen atoms in total. The molecule has 0 aromatic carbocycles. The Morgan fingerprint density at radius 2 is 1.93 bits per heavy atom. The van der Waals surface area contributed by atoms with E-state index >= 15 is 0 Å². The highest BCUT2D eigenvalue weighted by Gasteiger charge is 2.24. The van der Waals surface area contributed by atoms with Crippen LogP contribution in [0.5, 0.6) is 0 Å². The molecule has 0 fully saturated rings. The Labute approximate surface area is 176 Å². The minimum atomic E-state index is -0.116. The molecular formula is C22H28N8. The number of hydrogen-bond donors (Lipinski definition) is 1. The van der Waals surface area contributed by atoms with E-state index in [4.69, 9.17) is 4.98 Å². The highest BCUT2D eigenvalue weighted by molar-refractivity contribution is 5.75. The average molecular weight is 405 g/mol. The number of aromatic amines is 1. The average Bonchev–Trinajstić information content (AvgIpc) is 3.34. The van der Waals surface area contributed by atoms with Crippen LogP contribution in [0.1, 0.15) is 69.0 Å². The lowest BCUT2D eigenvalue weighted by Crippen LogP contribution is -2.20. The van der Waals surface area contributed by atoms with Gasteiger partial charge in [-0.1, -0.05) is 13.8 Å². The van der Waals surface area contributed by atoms with Gasteiger partial charge in [0.05, 0.1) is 17.4 Å². The van der Waals surface area contributed by atoms with Crippen molar-refractivity contribution in [1.29, 1.82) is 0 Å². The molecule has 0 unspecified atom stereocenters. The Bertz CT molecular complexity index is 1140. The zero-order valence-electron chi connectivity index (χ0n) is 18.2. The first-order chi connectivity index (χ1) is 14.3. The van der Waals surface area contributed by atoms with Gasteiger partial charge in [-0.2, -0.15) is 5.10 Å². The molecule has 0 amide bonds. The van der Waals surface area contributed by atoms with Crippen molar-refractivity contribution >= 4 is 11.0 Å². The minimum absolute atomic E-state index is 0.116. The van der Waals surface area contributed by atoms with Crippen molar-refractivity contribution in [3.8, 4) is 0 Å². The van der Waals surface area contributed by atoms with E-state index in [1.54, 1.807) is 6.33 Å². The molecule has 0 aliphatic heterocycles. The van der Waals surface area contributed by atoms with Gasteiger partial charge in [0.1, 0.15) is 29.3 Å². The second-order valence-corrected chi connectivity index (χ2v) is 8.65. The molecule has 4 heterocycles. The quantitative estimate of drug-likeness (QED) is 0.504. The molecule has 156 valence electrons. The van der Waals surface area contributed by atoms with E-state index in [1.165, 1.54) is 0 Å². The predicted octanol–water partition coefficient (Wildman–Crippen LogP) is 3.73. The third-order valence-electron chi connectivity index (χ3n) is 5.48. The molecule has 4 aromatic heterocycles. The maximum atomic E-state index is 4.78. The number of aromatic nitrogens is 8. The van der Waals surface area contributed by atoms with Crippen LogP contribution >= 0.6 is 0 Å². The Kier molecular flexibility index (Phi) is 5.32. The highest BCUT2D eigenvalue weighted by atomic mass is 15.2. The highest BCUT2D eigenvalue weighted by Crippen LogP contribution is 2.25. The van der Waals surface area contributed by atoms with E-state index in [9.17, 15) is 0 Å². The summed E-state index contributed by atoms with van der Waals surface area (Å²) in [5.41, 5.74) is 3.89. The van der Waals surface area contributed by atoms with Crippen molar-refractivity contribution in [1.82, 2.24) is 39.7 Å². The molecule has 0 saturated heterocycles. The van der Waals surface area contributed by atoms with Crippen LogP contribution < -0.4 is 0 Å². The van der Waals surface area contributed by atoms with Gasteiger partial charge >= 0.3 is 0 Å². The van der Waals surface area contributed by atoms with E-state index in [0.29, 0.717) is 12.5 Å². The molecule has 0 spiro atoms. The molecule has 0 bridgehead atoms. The van der Waals surface area contributed by atoms with E-state index in [-0.39, 0.29) is 5.41 Å². The fraction of sp³-hybridized carbons (Fsp3) is 0.455. The third-order valence-corrected chi connectivity index (χ3v) is 5.48. The first kappa shape index (κ1) is 20.1. The Morgan fingerprint density at radius 1 is 1.10 bits per heavy atom. The van der Waals surface area contributed by atoms with Crippen molar-refractivity contribution in [3.05, 3.63) is 59.7 Å². The second-order valence-electron chi connectivity index (χ2n) is 8.65. The Hall–Kier alpha value is -3.16. The van der Waals surface area contributed by atoms with E-state index < -0.39 is 0 Å². The fourth-order valence-electron chi connectivity index (χ4n) is 3.83. The number of nitrogens with zero attached hydrogens (tertiary/aromatic N) is 7. The maximum Gasteiger partial charge on any atom is 0.137 e. The number of H-pyrrole nitrogens is 1. The summed E-state index contributed by atoms with van der Waals surface area (Å²) < 4.78 is 2.25. The van der Waals surface area contributed by atoms with Crippen molar-refractivity contribution < 1.29 is 0 Å². The number of pyridine rings is 1. The maximum absolute atomic E-state index is 4.78. The van der Waals surface area contributed by atoms with Gasteiger partial charge in [0.25, 0.3) is 0 Å². The number of rotatable bonds is 7. The zero-order chi connectivity index (χ0) is 21.3. The van der Waals surface area contributed by atoms with Crippen molar-refractivity contribution in [3.63, 3.8) is 0 Å². The number of hydrogen-bond acceptors (Lipinski definition) is 6. The topological polar surface area (TPSA) is 98.1 Å². The van der Waals surface area contributed by atoms with Crippen molar-refractivity contribution in [2.45, 2.75) is 65.3 Å². The molecule has 0 saturated carbocycles. The molecular weight excluding hydrogens is 376 g/mol. The van der Waals surface area contributed by atoms with Crippen LogP contribution in [0.3, 0.4) is 0 Å². The lowest BCUT2D eigenvalue weighted by atomic mass is 9.87. The Morgan fingerprint density at radius 3 is 2.67 bits per heavy atom. The summed E-state index contributed by atoms with van der Waals surface area (Å²) in [6, 6.07) is 4.44. The number of aryl methyl sites for hydroxylation is 2. The lowest BCUT2D eigenvalue weighted by molar-refractivity contribution is 0.446. The number of fused-ring (bicyclic) bond motifs is 1. The van der Waals surface area contributed by atoms with Gasteiger partial charge in [-0.25, -0.2) is 19.9 Å². The lowest BCUT2D eigenvalue weighted by Gasteiger charge is -2.20. The summed E-state index contributed by atoms with van der Waals surface area (Å²) in [6.45, 7) is 10.7. The first-order valence-electron chi connectivity index (χ1n) is 10.3. The summed E-state index contributed by atoms with van der Waals surface area (Å²) in [6.07, 6.45) is 7.55. The fourth-order valence-corrected chi connectivity index (χ4v) is 3.83. The van der Waals surface area contributed by atoms with Crippen LogP contribution in [0.15, 0.2) is 30.9 Å². The van der Waals surface area contributed by atoms with Gasteiger partial charge in [0.2, 0.25) is 0 Å². The largest absolute Gasteiger partial charge is 0.326 e. The van der Waals surface area contributed by atoms with Crippen LogP contribution in [0, 0.1) is 6.92 Å². The van der Waals surface area contributed by atoms with E-state index in [2.05, 4.69) is 68.5 Å². The molecule has 1 N–H and O–H groups in total. The molecule has 0 aliphatic rings. The van der Waals surface area contributed by atoms with Crippen molar-refractivity contribution in [2.75, 3.05) is 0 Å². The second kappa shape index (κ2) is 7.93. The van der Waals surface area contributed by atoms with Gasteiger partial charge in [-0.3, -0.25) is 10.1 Å². The summed E-state index contributed by atoms with van der Waals surface area (Å²) in [5.74, 6) is 2.73. The van der Waals surface area contributed by atoms with Gasteiger partial charge in [-0.15, -0.1) is 0 Å². The number of imidazole rings is 1. The molecule has 8 heteroatoms. The van der Waals surface area contributed by atoms with Crippen LogP contribution in [0.25, 0.3) is 11.0 Å². The van der Waals surface area contributed by atoms with E-state index in [0.717, 1.165) is 52.7 Å². The molecule has 0 aliphatic carbocycles. The predicted molar refractivity (Wildman–Crippen MR) is 115 cm³/mol. The first-order valence-corrected chi connectivity index (χ1v) is 10.3. The van der Waals surface area contributed by atoms with Crippen LogP contribution in [-0.2, 0) is 18.3 Å². The normalized spacial score (nSPS) is 12.2. The third kappa shape index (κ3) is 4.08. The van der Waals surface area contributed by atoms with Crippen molar-refractivity contribution in [2.24, 2.45) is 0 Å². The molecule has 0 atom stereocenters. The van der Waals surface area contributed by atoms with Gasteiger partial charge in [-0.05, 0) is 39.3 Å². The van der Waals surface area contributed by atoms with Gasteiger partial charge in [0.15, 0.2) is 0 Å². The minimum Gasteiger partial charge on any atom is -0.326 e. The molecule has 4 aromatic rings. The summed E-state index contributed by atoms with van der Waals surface area (Å²) in [4.78, 5) is 22.8. The van der Waals surface area contributed by atoms with Gasteiger partial charge in [0, 0.05) is 36.2 Å². The SMILES string of the molecule is Cc1nc2cnc(Cc3ccnc(CCC(C)(C)c4ncn[nH]4)n3)cc2n1C(C)C. The summed E-state index contributed by atoms with van der Waals surface area (Å²) in [5, 5.41) is 6.93. The van der Waals surface area contributed by atoms with Crippen LogP contribution in [0.2, 0.25) is 0 Å². The Balaban J connectivity index is 1.51. The summed E-state index contributed by atoms with van der Waals surface area (Å²) in [7, 11) is 0. The molecule has 0 radical (unpaired) electrons. The molecule has 30 heavy (non-hydrogen) atoms. The zero-order valence-corrected chi connectivity index (χ0v) is 18.2. The summed E-state index contributed by atoms with van der Waals surface area (Å²) >= 11 is 0. The van der Waals surface area contributed by atoms with Gasteiger partial charge < -0.3 is 4.57 Å². The van der Waals surface area contributed by atoms with Crippen LogP contribution in [0.4, 0.5) is 0 Å². The standard InChI is InChI=1S/C22H28N8/c1-14(2)30-15(3)27-18-12-24-17(11-19(18)30)10-16-7-9-23-20(28-16)6-8-22(4,5)21-25-13-26-29-21/h7,9,11-14H,6,8,10H2,1-5H3,(H,25,26,29). The molecule has 4 rings (SSSR count). The monoisotopic (exact) mass is 404 g/mol. The smallest absolute Gasteiger partial charge is 0.137 e.